The van der Waals surface area contributed by atoms with Crippen molar-refractivity contribution in [3.63, 3.8) is 0 Å². The lowest BCUT2D eigenvalue weighted by atomic mass is 10.1. The van der Waals surface area contributed by atoms with Crippen molar-refractivity contribution in [3.8, 4) is 16.2 Å². The first-order valence-electron chi connectivity index (χ1n) is 11.8. The van der Waals surface area contributed by atoms with Crippen molar-refractivity contribution in [1.29, 1.82) is 0 Å². The number of piperidine rings is 1. The number of rotatable bonds is 5. The highest BCUT2D eigenvalue weighted by molar-refractivity contribution is 7.22. The topological polar surface area (TPSA) is 85.7 Å². The Balaban J connectivity index is 0.000000405. The number of fused-ring (bicyclic) bond motifs is 1. The number of likely N-dealkylation sites (tertiary alicyclic amines) is 1. The number of aromatic nitrogens is 1. The summed E-state index contributed by atoms with van der Waals surface area (Å²) in [4.78, 5) is 17.3. The van der Waals surface area contributed by atoms with Gasteiger partial charge in [0.25, 0.3) is 0 Å². The number of aromatic hydroxyl groups is 1. The Morgan fingerprint density at radius 3 is 2.46 bits per heavy atom. The summed E-state index contributed by atoms with van der Waals surface area (Å²) >= 11 is 1.75. The van der Waals surface area contributed by atoms with E-state index in [4.69, 9.17) is 9.90 Å². The number of aliphatic carboxylic acids is 1. The summed E-state index contributed by atoms with van der Waals surface area (Å²) in [6, 6.07) is 20.3. The van der Waals surface area contributed by atoms with E-state index in [1.807, 2.05) is 24.4 Å². The lowest BCUT2D eigenvalue weighted by Crippen LogP contribution is -2.29. The number of phenols is 1. The summed E-state index contributed by atoms with van der Waals surface area (Å²) in [5.74, 6) is -2.50. The minimum Gasteiger partial charge on any atom is -0.508 e. The number of nitrogens with one attached hydrogen (secondary N) is 1. The summed E-state index contributed by atoms with van der Waals surface area (Å²) in [6.45, 7) is 3.45. The minimum absolute atomic E-state index is 0.252. The zero-order valence-corrected chi connectivity index (χ0v) is 20.6. The maximum absolute atomic E-state index is 10.6. The number of phenolic OH excluding ortho intramolecular Hbond substituents is 1. The Bertz CT molecular complexity index is 1370. The predicted octanol–water partition coefficient (Wildman–Crippen LogP) is 7.03. The van der Waals surface area contributed by atoms with Gasteiger partial charge in [-0.2, -0.15) is 13.2 Å². The van der Waals surface area contributed by atoms with Crippen LogP contribution in [0.25, 0.3) is 20.7 Å². The largest absolute Gasteiger partial charge is 0.508 e. The van der Waals surface area contributed by atoms with Crippen molar-refractivity contribution in [3.05, 3.63) is 72.4 Å². The van der Waals surface area contributed by atoms with Gasteiger partial charge in [0.05, 0.1) is 15.9 Å². The van der Waals surface area contributed by atoms with Gasteiger partial charge in [0.2, 0.25) is 0 Å². The predicted molar refractivity (Wildman–Crippen MR) is 139 cm³/mol. The quantitative estimate of drug-likeness (QED) is 0.257. The lowest BCUT2D eigenvalue weighted by Gasteiger charge is -2.26. The maximum Gasteiger partial charge on any atom is 0.490 e. The van der Waals surface area contributed by atoms with E-state index in [2.05, 4.69) is 45.5 Å². The summed E-state index contributed by atoms with van der Waals surface area (Å²) < 4.78 is 32.9. The average molecular weight is 530 g/mol. The van der Waals surface area contributed by atoms with Gasteiger partial charge in [-0.1, -0.05) is 30.7 Å². The maximum atomic E-state index is 10.6. The number of nitrogens with zero attached hydrogens (tertiary/aromatic N) is 2. The number of benzene rings is 2. The Morgan fingerprint density at radius 2 is 1.76 bits per heavy atom. The van der Waals surface area contributed by atoms with E-state index in [9.17, 15) is 18.3 Å². The molecule has 6 nitrogen and oxygen atoms in total. The Hall–Kier alpha value is -3.63. The van der Waals surface area contributed by atoms with Gasteiger partial charge >= 0.3 is 12.1 Å². The minimum atomic E-state index is -5.08. The summed E-state index contributed by atoms with van der Waals surface area (Å²) in [5, 5.41) is 20.3. The number of carboxylic acid groups (broad SMARTS) is 1. The first kappa shape index (κ1) is 26.4. The van der Waals surface area contributed by atoms with Gasteiger partial charge in [0.15, 0.2) is 0 Å². The first-order valence-corrected chi connectivity index (χ1v) is 12.6. The molecule has 3 N–H and O–H groups in total. The van der Waals surface area contributed by atoms with Crippen molar-refractivity contribution in [1.82, 2.24) is 9.88 Å². The monoisotopic (exact) mass is 529 g/mol. The molecule has 0 aliphatic carbocycles. The number of halogens is 3. The highest BCUT2D eigenvalue weighted by atomic mass is 32.1. The summed E-state index contributed by atoms with van der Waals surface area (Å²) in [6.07, 6.45) is 0.744. The van der Waals surface area contributed by atoms with E-state index in [0.29, 0.717) is 0 Å². The number of pyridine rings is 1. The zero-order chi connectivity index (χ0) is 26.4. The van der Waals surface area contributed by atoms with Crippen LogP contribution < -0.4 is 5.32 Å². The van der Waals surface area contributed by atoms with Crippen molar-refractivity contribution in [2.45, 2.75) is 32.0 Å². The molecule has 0 radical (unpaired) electrons. The van der Waals surface area contributed by atoms with Crippen molar-refractivity contribution < 1.29 is 28.2 Å². The van der Waals surface area contributed by atoms with Crippen LogP contribution in [-0.4, -0.2) is 45.3 Å². The molecule has 194 valence electrons. The van der Waals surface area contributed by atoms with Crippen LogP contribution in [0.3, 0.4) is 0 Å². The van der Waals surface area contributed by atoms with E-state index in [1.165, 1.54) is 48.4 Å². The third-order valence-electron chi connectivity index (χ3n) is 5.85. The molecule has 1 saturated heterocycles. The normalized spacial score (nSPS) is 14.1. The SMILES string of the molecule is O=C(O)C(F)(F)F.Oc1cccc(Nc2ccnc3cc(-c4cccc(CN5CCCCC5)c4)sc23)c1. The van der Waals surface area contributed by atoms with Gasteiger partial charge < -0.3 is 15.5 Å². The smallest absolute Gasteiger partial charge is 0.490 e. The highest BCUT2D eigenvalue weighted by Gasteiger charge is 2.38. The molecule has 10 heteroatoms. The van der Waals surface area contributed by atoms with E-state index in [0.717, 1.165) is 28.1 Å². The number of carboxylic acids is 1. The molecule has 3 heterocycles. The molecule has 0 amide bonds. The van der Waals surface area contributed by atoms with Gasteiger partial charge in [-0.3, -0.25) is 9.88 Å². The fourth-order valence-electron chi connectivity index (χ4n) is 4.12. The molecule has 1 aliphatic heterocycles. The second-order valence-corrected chi connectivity index (χ2v) is 9.75. The Morgan fingerprint density at radius 1 is 1.03 bits per heavy atom. The zero-order valence-electron chi connectivity index (χ0n) is 19.8. The number of carbonyl (C=O) groups is 1. The third-order valence-corrected chi connectivity index (χ3v) is 7.05. The van der Waals surface area contributed by atoms with E-state index in [1.54, 1.807) is 23.5 Å². The number of hydrogen-bond donors (Lipinski definition) is 3. The molecular formula is C27H26F3N3O3S. The number of alkyl halides is 3. The van der Waals surface area contributed by atoms with Crippen LogP contribution in [0.1, 0.15) is 24.8 Å². The number of hydrogen-bond acceptors (Lipinski definition) is 6. The standard InChI is InChI=1S/C25H25N3OS.C2HF3O2/c29-21-9-5-8-20(15-21)27-22-10-11-26-23-16-24(30-25(22)23)19-7-4-6-18(14-19)17-28-12-2-1-3-13-28;3-2(4,5)1(6)7/h4-11,14-16,29H,1-3,12-13,17H2,(H,26,27);(H,6,7). The molecule has 2 aromatic carbocycles. The van der Waals surface area contributed by atoms with Crippen LogP contribution in [0.4, 0.5) is 24.5 Å². The highest BCUT2D eigenvalue weighted by Crippen LogP contribution is 2.38. The van der Waals surface area contributed by atoms with Crippen LogP contribution in [0.5, 0.6) is 5.75 Å². The molecule has 0 unspecified atom stereocenters. The van der Waals surface area contributed by atoms with Crippen LogP contribution in [-0.2, 0) is 11.3 Å². The molecule has 5 rings (SSSR count). The summed E-state index contributed by atoms with van der Waals surface area (Å²) in [7, 11) is 0. The Kier molecular flexibility index (Phi) is 8.30. The van der Waals surface area contributed by atoms with E-state index >= 15 is 0 Å². The van der Waals surface area contributed by atoms with Crippen molar-refractivity contribution in [2.75, 3.05) is 18.4 Å². The third kappa shape index (κ3) is 7.21. The Labute approximate surface area is 216 Å². The van der Waals surface area contributed by atoms with Crippen molar-refractivity contribution in [2.24, 2.45) is 0 Å². The second kappa shape index (κ2) is 11.6. The molecule has 1 aliphatic rings. The van der Waals surface area contributed by atoms with Gasteiger partial charge in [-0.15, -0.1) is 11.3 Å². The second-order valence-electron chi connectivity index (χ2n) is 8.70. The molecule has 37 heavy (non-hydrogen) atoms. The first-order chi connectivity index (χ1) is 17.7. The van der Waals surface area contributed by atoms with Crippen LogP contribution in [0.2, 0.25) is 0 Å². The number of thiophene rings is 1. The molecule has 0 atom stereocenters. The molecule has 0 bridgehead atoms. The average Bonchev–Trinajstić information content (AvgIpc) is 3.30. The molecule has 0 saturated carbocycles. The van der Waals surface area contributed by atoms with Crippen LogP contribution in [0.15, 0.2) is 66.9 Å². The molecular weight excluding hydrogens is 503 g/mol. The number of anilines is 2. The van der Waals surface area contributed by atoms with Gasteiger partial charge in [-0.25, -0.2) is 4.79 Å². The fraction of sp³-hybridized carbons (Fsp3) is 0.259. The lowest BCUT2D eigenvalue weighted by molar-refractivity contribution is -0.192. The van der Waals surface area contributed by atoms with Gasteiger partial charge in [-0.05, 0) is 67.4 Å². The van der Waals surface area contributed by atoms with Crippen LogP contribution >= 0.6 is 11.3 Å². The molecule has 2 aromatic heterocycles. The van der Waals surface area contributed by atoms with Gasteiger partial charge in [0, 0.05) is 29.4 Å². The summed E-state index contributed by atoms with van der Waals surface area (Å²) in [5.41, 5.74) is 5.47. The molecule has 4 aromatic rings. The molecule has 0 spiro atoms. The molecule has 1 fully saturated rings. The van der Waals surface area contributed by atoms with E-state index < -0.39 is 12.1 Å². The van der Waals surface area contributed by atoms with E-state index in [-0.39, 0.29) is 5.75 Å². The van der Waals surface area contributed by atoms with Crippen LogP contribution in [0, 0.1) is 0 Å². The van der Waals surface area contributed by atoms with Gasteiger partial charge in [0.1, 0.15) is 5.75 Å². The fourth-order valence-corrected chi connectivity index (χ4v) is 5.20. The van der Waals surface area contributed by atoms with Crippen molar-refractivity contribution >= 4 is 38.9 Å².